The highest BCUT2D eigenvalue weighted by atomic mass is 32.2. The first-order chi connectivity index (χ1) is 17.0. The van der Waals surface area contributed by atoms with Gasteiger partial charge in [-0.15, -0.1) is 0 Å². The third-order valence-electron chi connectivity index (χ3n) is 6.24. The number of anilines is 1. The second-order valence-electron chi connectivity index (χ2n) is 8.58. The van der Waals surface area contributed by atoms with Gasteiger partial charge in [0.2, 0.25) is 21.7 Å². The molecule has 10 nitrogen and oxygen atoms in total. The van der Waals surface area contributed by atoms with Gasteiger partial charge in [-0.2, -0.15) is 9.29 Å². The van der Waals surface area contributed by atoms with E-state index in [2.05, 4.69) is 15.5 Å². The summed E-state index contributed by atoms with van der Waals surface area (Å²) in [7, 11) is -3.56. The topological polar surface area (TPSA) is 118 Å². The number of nitrogens with zero attached hydrogens (tertiary/aromatic N) is 4. The van der Waals surface area contributed by atoms with Crippen LogP contribution in [0.5, 0.6) is 0 Å². The van der Waals surface area contributed by atoms with Crippen molar-refractivity contribution in [3.8, 4) is 11.4 Å². The molecule has 1 aromatic heterocycles. The maximum atomic E-state index is 12.8. The van der Waals surface area contributed by atoms with Crippen molar-refractivity contribution >= 4 is 21.7 Å². The molecule has 0 radical (unpaired) electrons. The fourth-order valence-electron chi connectivity index (χ4n) is 4.32. The number of rotatable bonds is 5. The molecular weight excluding hydrogens is 470 g/mol. The first kappa shape index (κ1) is 23.5. The maximum Gasteiger partial charge on any atom is 0.321 e. The number of para-hydroxylation sites is 1. The number of carbonyl (C=O) groups excluding carboxylic acids is 1. The van der Waals surface area contributed by atoms with Crippen molar-refractivity contribution in [2.75, 3.05) is 44.7 Å². The lowest BCUT2D eigenvalue weighted by Crippen LogP contribution is -2.41. The Labute approximate surface area is 203 Å². The third kappa shape index (κ3) is 5.21. The number of piperidine rings is 1. The molecule has 0 unspecified atom stereocenters. The molecular formula is C24H27N5O5S. The van der Waals surface area contributed by atoms with Gasteiger partial charge >= 0.3 is 6.03 Å². The molecule has 0 spiro atoms. The average molecular weight is 498 g/mol. The van der Waals surface area contributed by atoms with Gasteiger partial charge in [0.15, 0.2) is 0 Å². The number of carbonyl (C=O) groups is 1. The van der Waals surface area contributed by atoms with E-state index in [1.54, 1.807) is 29.2 Å². The van der Waals surface area contributed by atoms with E-state index in [0.29, 0.717) is 56.7 Å². The Kier molecular flexibility index (Phi) is 6.80. The van der Waals surface area contributed by atoms with Crippen LogP contribution in [0.2, 0.25) is 0 Å². The summed E-state index contributed by atoms with van der Waals surface area (Å²) in [6, 6.07) is 15.7. The van der Waals surface area contributed by atoms with Crippen molar-refractivity contribution in [3.05, 3.63) is 60.5 Å². The van der Waals surface area contributed by atoms with Gasteiger partial charge in [0.05, 0.1) is 24.0 Å². The number of hydrogen-bond donors (Lipinski definition) is 1. The van der Waals surface area contributed by atoms with E-state index in [1.807, 2.05) is 30.3 Å². The van der Waals surface area contributed by atoms with Gasteiger partial charge in [-0.1, -0.05) is 23.4 Å². The standard InChI is InChI=1S/C24H27N5O5S/c30-24(25-20-6-2-1-3-7-20)28-12-4-5-19(17-28)23-26-22(27-34-23)18-8-10-21(11-9-18)35(31,32)29-13-15-33-16-14-29/h1-3,6-11,19H,4-5,12-17H2,(H,25,30)/t19-/m1/s1. The summed E-state index contributed by atoms with van der Waals surface area (Å²) in [6.45, 7) is 2.64. The van der Waals surface area contributed by atoms with E-state index >= 15 is 0 Å². The molecule has 11 heteroatoms. The first-order valence-corrected chi connectivity index (χ1v) is 13.1. The van der Waals surface area contributed by atoms with Gasteiger partial charge in [0.25, 0.3) is 0 Å². The molecule has 2 fully saturated rings. The number of ether oxygens (including phenoxy) is 1. The monoisotopic (exact) mass is 497 g/mol. The van der Waals surface area contributed by atoms with Crippen molar-refractivity contribution in [2.45, 2.75) is 23.7 Å². The lowest BCUT2D eigenvalue weighted by Gasteiger charge is -2.31. The minimum atomic E-state index is -3.56. The predicted octanol–water partition coefficient (Wildman–Crippen LogP) is 3.17. The van der Waals surface area contributed by atoms with Crippen molar-refractivity contribution < 1.29 is 22.5 Å². The van der Waals surface area contributed by atoms with Crippen LogP contribution < -0.4 is 5.32 Å². The van der Waals surface area contributed by atoms with Crippen LogP contribution in [0.4, 0.5) is 10.5 Å². The highest BCUT2D eigenvalue weighted by molar-refractivity contribution is 7.89. The summed E-state index contributed by atoms with van der Waals surface area (Å²) in [6.07, 6.45) is 1.67. The summed E-state index contributed by atoms with van der Waals surface area (Å²) in [5.41, 5.74) is 1.41. The van der Waals surface area contributed by atoms with E-state index in [4.69, 9.17) is 9.26 Å². The van der Waals surface area contributed by atoms with Gasteiger partial charge < -0.3 is 19.5 Å². The van der Waals surface area contributed by atoms with Crippen LogP contribution >= 0.6 is 0 Å². The Morgan fingerprint density at radius 2 is 1.74 bits per heavy atom. The van der Waals surface area contributed by atoms with Crippen molar-refractivity contribution in [2.24, 2.45) is 0 Å². The number of amides is 2. The molecule has 3 heterocycles. The molecule has 0 saturated carbocycles. The first-order valence-electron chi connectivity index (χ1n) is 11.6. The van der Waals surface area contributed by atoms with Gasteiger partial charge in [0.1, 0.15) is 0 Å². The molecule has 35 heavy (non-hydrogen) atoms. The summed E-state index contributed by atoms with van der Waals surface area (Å²) in [4.78, 5) is 19.2. The van der Waals surface area contributed by atoms with Crippen molar-refractivity contribution in [1.82, 2.24) is 19.3 Å². The molecule has 184 valence electrons. The predicted molar refractivity (Wildman–Crippen MR) is 128 cm³/mol. The largest absolute Gasteiger partial charge is 0.379 e. The van der Waals surface area contributed by atoms with Gasteiger partial charge in [-0.3, -0.25) is 0 Å². The van der Waals surface area contributed by atoms with Gasteiger partial charge in [0, 0.05) is 37.4 Å². The van der Waals surface area contributed by atoms with Crippen LogP contribution in [-0.2, 0) is 14.8 Å². The van der Waals surface area contributed by atoms with Crippen molar-refractivity contribution in [3.63, 3.8) is 0 Å². The third-order valence-corrected chi connectivity index (χ3v) is 8.16. The number of likely N-dealkylation sites (tertiary alicyclic amines) is 1. The van der Waals surface area contributed by atoms with Crippen LogP contribution in [0.3, 0.4) is 0 Å². The fourth-order valence-corrected chi connectivity index (χ4v) is 5.73. The Morgan fingerprint density at radius 1 is 1.00 bits per heavy atom. The molecule has 3 aromatic rings. The summed E-state index contributed by atoms with van der Waals surface area (Å²) < 4.78 is 37.9. The van der Waals surface area contributed by atoms with Crippen LogP contribution in [0, 0.1) is 0 Å². The maximum absolute atomic E-state index is 12.8. The molecule has 2 aliphatic heterocycles. The number of aromatic nitrogens is 2. The Balaban J connectivity index is 1.25. The van der Waals surface area contributed by atoms with Crippen LogP contribution in [0.25, 0.3) is 11.4 Å². The van der Waals surface area contributed by atoms with E-state index in [9.17, 15) is 13.2 Å². The Morgan fingerprint density at radius 3 is 2.49 bits per heavy atom. The molecule has 1 N–H and O–H groups in total. The number of hydrogen-bond acceptors (Lipinski definition) is 7. The smallest absolute Gasteiger partial charge is 0.321 e. The zero-order valence-electron chi connectivity index (χ0n) is 19.2. The number of nitrogens with one attached hydrogen (secondary N) is 1. The van der Waals surface area contributed by atoms with Crippen LogP contribution in [0.15, 0.2) is 64.0 Å². The summed E-state index contributed by atoms with van der Waals surface area (Å²) >= 11 is 0. The van der Waals surface area contributed by atoms with E-state index in [-0.39, 0.29) is 16.8 Å². The molecule has 2 amide bonds. The molecule has 0 bridgehead atoms. The minimum Gasteiger partial charge on any atom is -0.379 e. The van der Waals surface area contributed by atoms with E-state index in [1.165, 1.54) is 4.31 Å². The molecule has 2 saturated heterocycles. The number of benzene rings is 2. The number of urea groups is 1. The SMILES string of the molecule is O=C(Nc1ccccc1)N1CCC[C@@H](c2nc(-c3ccc(S(=O)(=O)N4CCOCC4)cc3)no2)C1. The highest BCUT2D eigenvalue weighted by Gasteiger charge is 2.29. The normalized spacial score (nSPS) is 19.4. The quantitative estimate of drug-likeness (QED) is 0.575. The highest BCUT2D eigenvalue weighted by Crippen LogP contribution is 2.28. The zero-order chi connectivity index (χ0) is 24.3. The molecule has 2 aromatic carbocycles. The minimum absolute atomic E-state index is 0.0625. The van der Waals surface area contributed by atoms with E-state index in [0.717, 1.165) is 18.5 Å². The second-order valence-corrected chi connectivity index (χ2v) is 10.5. The lowest BCUT2D eigenvalue weighted by atomic mass is 9.98. The van der Waals surface area contributed by atoms with Gasteiger partial charge in [-0.25, -0.2) is 13.2 Å². The van der Waals surface area contributed by atoms with Gasteiger partial charge in [-0.05, 0) is 49.2 Å². The Hall–Kier alpha value is -3.28. The number of sulfonamides is 1. The molecule has 1 atom stereocenters. The van der Waals surface area contributed by atoms with E-state index < -0.39 is 10.0 Å². The molecule has 2 aliphatic rings. The lowest BCUT2D eigenvalue weighted by molar-refractivity contribution is 0.0730. The number of morpholine rings is 1. The van der Waals surface area contributed by atoms with Crippen LogP contribution in [-0.4, -0.2) is 73.2 Å². The average Bonchev–Trinajstić information content (AvgIpc) is 3.40. The Bertz CT molecular complexity index is 1260. The summed E-state index contributed by atoms with van der Waals surface area (Å²) in [5, 5.41) is 7.02. The van der Waals surface area contributed by atoms with Crippen LogP contribution in [0.1, 0.15) is 24.7 Å². The second kappa shape index (κ2) is 10.1. The summed E-state index contributed by atoms with van der Waals surface area (Å²) in [5.74, 6) is 0.802. The fraction of sp³-hybridized carbons (Fsp3) is 0.375. The molecule has 5 rings (SSSR count). The zero-order valence-corrected chi connectivity index (χ0v) is 20.0. The van der Waals surface area contributed by atoms with Crippen molar-refractivity contribution in [1.29, 1.82) is 0 Å². The molecule has 0 aliphatic carbocycles.